The quantitative estimate of drug-likeness (QED) is 0.496. The first-order valence-corrected chi connectivity index (χ1v) is 16.3. The van der Waals surface area contributed by atoms with Crippen molar-refractivity contribution in [2.75, 3.05) is 14.1 Å². The van der Waals surface area contributed by atoms with Gasteiger partial charge in [0.1, 0.15) is 16.5 Å². The predicted octanol–water partition coefficient (Wildman–Crippen LogP) is 5.50. The fourth-order valence-electron chi connectivity index (χ4n) is 2.46. The Balaban J connectivity index is 6.21. The third kappa shape index (κ3) is 5.64. The Hall–Kier alpha value is 0.874. The summed E-state index contributed by atoms with van der Waals surface area (Å²) in [6.45, 7) is 18.6. The Morgan fingerprint density at radius 1 is 0.895 bits per heavy atom. The molecule has 0 aromatic heterocycles. The molecule has 0 saturated heterocycles. The minimum Gasteiger partial charge on any atom is -0.289 e. The summed E-state index contributed by atoms with van der Waals surface area (Å²) in [5.41, 5.74) is -0.114. The largest absolute Gasteiger partial charge is 0.289 e. The first-order chi connectivity index (χ1) is 8.02. The van der Waals surface area contributed by atoms with Crippen molar-refractivity contribution in [3.63, 3.8) is 0 Å². The van der Waals surface area contributed by atoms with Gasteiger partial charge in [-0.15, -0.1) is 0 Å². The van der Waals surface area contributed by atoms with Crippen molar-refractivity contribution in [3.8, 4) is 0 Å². The van der Waals surface area contributed by atoms with E-state index in [1.54, 1.807) is 0 Å². The second-order valence-corrected chi connectivity index (χ2v) is 22.8. The molecule has 0 rings (SSSR count). The highest BCUT2D eigenvalue weighted by atomic mass is 35.7. The Bertz CT molecular complexity index is 351. The molecular formula is C12H33ClN3PSi2. The molecule has 0 radical (unpaired) electrons. The summed E-state index contributed by atoms with van der Waals surface area (Å²) in [6, 6.07) is 0. The molecule has 1 unspecified atom stereocenters. The van der Waals surface area contributed by atoms with Gasteiger partial charge in [0.05, 0.1) is 5.54 Å². The molecule has 19 heavy (non-hydrogen) atoms. The molecule has 7 heteroatoms. The zero-order valence-electron chi connectivity index (χ0n) is 14.7. The van der Waals surface area contributed by atoms with Crippen molar-refractivity contribution in [1.82, 2.24) is 8.67 Å². The van der Waals surface area contributed by atoms with Gasteiger partial charge in [0.2, 0.25) is 0 Å². The summed E-state index contributed by atoms with van der Waals surface area (Å²) < 4.78 is 9.89. The Morgan fingerprint density at radius 3 is 1.37 bits per heavy atom. The molecule has 3 nitrogen and oxygen atoms in total. The highest BCUT2D eigenvalue weighted by molar-refractivity contribution is 7.89. The average Bonchev–Trinajstić information content (AvgIpc) is 1.91. The van der Waals surface area contributed by atoms with Gasteiger partial charge in [0.15, 0.2) is 6.71 Å². The van der Waals surface area contributed by atoms with Crippen LogP contribution in [0.1, 0.15) is 20.8 Å². The van der Waals surface area contributed by atoms with Crippen molar-refractivity contribution >= 4 is 34.4 Å². The Kier molecular flexibility index (Phi) is 6.21. The molecule has 0 bridgehead atoms. The average molecular weight is 342 g/mol. The van der Waals surface area contributed by atoms with Gasteiger partial charge < -0.3 is 0 Å². The Morgan fingerprint density at radius 2 is 1.21 bits per heavy atom. The van der Waals surface area contributed by atoms with Crippen molar-refractivity contribution in [2.24, 2.45) is 4.74 Å². The topological polar surface area (TPSA) is 18.8 Å². The van der Waals surface area contributed by atoms with Crippen LogP contribution >= 0.6 is 17.9 Å². The lowest BCUT2D eigenvalue weighted by Crippen LogP contribution is -2.57. The maximum Gasteiger partial charge on any atom is 0.174 e. The van der Waals surface area contributed by atoms with E-state index in [0.717, 1.165) is 0 Å². The molecule has 0 aliphatic rings. The van der Waals surface area contributed by atoms with Crippen LogP contribution in [0.2, 0.25) is 39.3 Å². The van der Waals surface area contributed by atoms with Crippen molar-refractivity contribution in [2.45, 2.75) is 65.6 Å². The van der Waals surface area contributed by atoms with E-state index in [2.05, 4.69) is 82.8 Å². The molecule has 0 fully saturated rings. The van der Waals surface area contributed by atoms with Gasteiger partial charge in [0, 0.05) is 0 Å². The van der Waals surface area contributed by atoms with Crippen LogP contribution in [0.3, 0.4) is 0 Å². The number of rotatable bonds is 4. The van der Waals surface area contributed by atoms with E-state index in [9.17, 15) is 0 Å². The molecular weight excluding hydrogens is 309 g/mol. The molecule has 0 aliphatic heterocycles. The van der Waals surface area contributed by atoms with E-state index >= 15 is 0 Å². The summed E-state index contributed by atoms with van der Waals surface area (Å²) in [5, 5.41) is 0. The smallest absolute Gasteiger partial charge is 0.174 e. The Labute approximate surface area is 127 Å². The normalized spacial score (nSPS) is 17.8. The number of halogens is 1. The summed E-state index contributed by atoms with van der Waals surface area (Å²) in [5.74, 6) is 0. The van der Waals surface area contributed by atoms with E-state index in [4.69, 9.17) is 16.0 Å². The van der Waals surface area contributed by atoms with Gasteiger partial charge in [0.25, 0.3) is 0 Å². The first kappa shape index (κ1) is 19.9. The lowest BCUT2D eigenvalue weighted by Gasteiger charge is -2.51. The lowest BCUT2D eigenvalue weighted by molar-refractivity contribution is 0.567. The summed E-state index contributed by atoms with van der Waals surface area (Å²) in [6.07, 6.45) is 0. The summed E-state index contributed by atoms with van der Waals surface area (Å²) >= 11 is 7.16. The van der Waals surface area contributed by atoms with E-state index < -0.39 is 23.2 Å². The minimum atomic E-state index is -2.13. The van der Waals surface area contributed by atoms with Crippen molar-refractivity contribution < 1.29 is 0 Å². The van der Waals surface area contributed by atoms with Gasteiger partial charge in [-0.3, -0.25) is 13.4 Å². The molecule has 0 spiro atoms. The van der Waals surface area contributed by atoms with Gasteiger partial charge in [-0.25, -0.2) is 0 Å². The molecule has 0 heterocycles. The van der Waals surface area contributed by atoms with Crippen molar-refractivity contribution in [3.05, 3.63) is 0 Å². The molecule has 0 aromatic carbocycles. The molecule has 0 amide bonds. The first-order valence-electron chi connectivity index (χ1n) is 6.83. The third-order valence-electron chi connectivity index (χ3n) is 2.46. The van der Waals surface area contributed by atoms with E-state index in [1.807, 2.05) is 0 Å². The highest BCUT2D eigenvalue weighted by Gasteiger charge is 2.45. The minimum absolute atomic E-state index is 0.114. The third-order valence-corrected chi connectivity index (χ3v) is 19.0. The number of nitrogens with zero attached hydrogens (tertiary/aromatic N) is 3. The maximum atomic E-state index is 7.16. The fraction of sp³-hybridized carbons (Fsp3) is 1.00. The molecule has 116 valence electrons. The zero-order chi connectivity index (χ0) is 15.9. The van der Waals surface area contributed by atoms with Gasteiger partial charge in [-0.1, -0.05) is 39.3 Å². The SMILES string of the molecule is CN(C)P(Cl)(=NC(C)(C)C)N([Si](C)(C)C)[Si](C)(C)C. The van der Waals surface area contributed by atoms with Gasteiger partial charge in [-0.2, -0.15) is 0 Å². The second kappa shape index (κ2) is 5.94. The van der Waals surface area contributed by atoms with Gasteiger partial charge in [-0.05, 0) is 46.1 Å². The van der Waals surface area contributed by atoms with Crippen LogP contribution in [0.25, 0.3) is 0 Å². The molecule has 1 atom stereocenters. The molecule has 0 aromatic rings. The summed E-state index contributed by atoms with van der Waals surface area (Å²) in [4.78, 5) is 0. The van der Waals surface area contributed by atoms with Crippen LogP contribution in [0.4, 0.5) is 0 Å². The van der Waals surface area contributed by atoms with Crippen molar-refractivity contribution in [1.29, 1.82) is 0 Å². The zero-order valence-corrected chi connectivity index (χ0v) is 18.3. The second-order valence-electron chi connectivity index (χ2n) is 8.27. The molecule has 0 N–H and O–H groups in total. The number of hydrogen-bond acceptors (Lipinski definition) is 1. The van der Waals surface area contributed by atoms with Gasteiger partial charge >= 0.3 is 0 Å². The van der Waals surface area contributed by atoms with E-state index in [1.165, 1.54) is 0 Å². The monoisotopic (exact) mass is 341 g/mol. The van der Waals surface area contributed by atoms with E-state index in [0.29, 0.717) is 0 Å². The standard InChI is InChI=1S/C12H33ClN3PSi2/c1-12(2,3)14-17(13,15(4)5)16(18(6,7)8)19(9,10)11/h1-11H3. The highest BCUT2D eigenvalue weighted by Crippen LogP contribution is 2.64. The maximum absolute atomic E-state index is 7.16. The molecule has 0 aliphatic carbocycles. The lowest BCUT2D eigenvalue weighted by atomic mass is 10.1. The fourth-order valence-corrected chi connectivity index (χ4v) is 24.1. The van der Waals surface area contributed by atoms with Crippen LogP contribution in [-0.4, -0.2) is 44.8 Å². The number of hydrogen-bond donors (Lipinski definition) is 0. The van der Waals surface area contributed by atoms with Crippen LogP contribution in [0.5, 0.6) is 0 Å². The van der Waals surface area contributed by atoms with Crippen LogP contribution < -0.4 is 0 Å². The predicted molar refractivity (Wildman–Crippen MR) is 97.2 cm³/mol. The van der Waals surface area contributed by atoms with Crippen LogP contribution in [0, 0.1) is 0 Å². The summed E-state index contributed by atoms with van der Waals surface area (Å²) in [7, 11) is 1.06. The van der Waals surface area contributed by atoms with E-state index in [-0.39, 0.29) is 5.54 Å². The molecule has 0 saturated carbocycles. The van der Waals surface area contributed by atoms with Crippen LogP contribution in [-0.2, 0) is 0 Å². The van der Waals surface area contributed by atoms with Crippen LogP contribution in [0.15, 0.2) is 4.74 Å².